The summed E-state index contributed by atoms with van der Waals surface area (Å²) in [4.78, 5) is 14.2. The lowest BCUT2D eigenvalue weighted by Crippen LogP contribution is -2.30. The van der Waals surface area contributed by atoms with E-state index < -0.39 is 0 Å². The van der Waals surface area contributed by atoms with Crippen molar-refractivity contribution in [3.8, 4) is 0 Å². The Morgan fingerprint density at radius 2 is 1.90 bits per heavy atom. The van der Waals surface area contributed by atoms with Crippen LogP contribution in [0.25, 0.3) is 0 Å². The first-order chi connectivity index (χ1) is 9.52. The Balaban J connectivity index is 2.33. The fraction of sp³-hybridized carbons (Fsp3) is 0.133. The first-order valence-corrected chi connectivity index (χ1v) is 7.32. The van der Waals surface area contributed by atoms with Crippen LogP contribution in [0.5, 0.6) is 0 Å². The molecule has 0 bridgehead atoms. The van der Waals surface area contributed by atoms with Gasteiger partial charge in [-0.25, -0.2) is 0 Å². The van der Waals surface area contributed by atoms with Crippen LogP contribution in [-0.4, -0.2) is 12.5 Å². The fourth-order valence-electron chi connectivity index (χ4n) is 1.88. The second-order valence-electron chi connectivity index (χ2n) is 4.27. The molecule has 0 aliphatic carbocycles. The van der Waals surface area contributed by atoms with E-state index in [4.69, 9.17) is 17.3 Å². The second kappa shape index (κ2) is 6.29. The van der Waals surface area contributed by atoms with Crippen molar-refractivity contribution in [1.29, 1.82) is 0 Å². The van der Waals surface area contributed by atoms with Crippen LogP contribution in [0.3, 0.4) is 0 Å². The highest BCUT2D eigenvalue weighted by molar-refractivity contribution is 9.10. The Bertz CT molecular complexity index is 628. The summed E-state index contributed by atoms with van der Waals surface area (Å²) < 4.78 is 0.707. The van der Waals surface area contributed by atoms with Gasteiger partial charge in [0.2, 0.25) is 0 Å². The first kappa shape index (κ1) is 14.9. The smallest absolute Gasteiger partial charge is 0.258 e. The molecule has 0 saturated carbocycles. The lowest BCUT2D eigenvalue weighted by Gasteiger charge is -2.21. The van der Waals surface area contributed by atoms with Gasteiger partial charge in [-0.3, -0.25) is 4.79 Å². The fourth-order valence-corrected chi connectivity index (χ4v) is 2.38. The van der Waals surface area contributed by atoms with Gasteiger partial charge in [-0.05, 0) is 65.3 Å². The number of rotatable bonds is 3. The maximum absolute atomic E-state index is 12.6. The van der Waals surface area contributed by atoms with Crippen molar-refractivity contribution in [2.45, 2.75) is 6.92 Å². The summed E-state index contributed by atoms with van der Waals surface area (Å²) in [6.45, 7) is 2.50. The zero-order valence-electron chi connectivity index (χ0n) is 10.9. The lowest BCUT2D eigenvalue weighted by atomic mass is 10.1. The van der Waals surface area contributed by atoms with E-state index in [1.807, 2.05) is 19.1 Å². The molecule has 1 amide bonds. The summed E-state index contributed by atoms with van der Waals surface area (Å²) in [5.41, 5.74) is 7.74. The van der Waals surface area contributed by atoms with Crippen LogP contribution in [0.15, 0.2) is 46.9 Å². The molecule has 0 aliphatic rings. The number of nitrogens with two attached hydrogens (primary N) is 1. The average Bonchev–Trinajstić information content (AvgIpc) is 2.44. The Kier molecular flexibility index (Phi) is 4.68. The van der Waals surface area contributed by atoms with Gasteiger partial charge >= 0.3 is 0 Å². The quantitative estimate of drug-likeness (QED) is 0.834. The topological polar surface area (TPSA) is 46.3 Å². The van der Waals surface area contributed by atoms with Gasteiger partial charge < -0.3 is 10.6 Å². The summed E-state index contributed by atoms with van der Waals surface area (Å²) in [5, 5.41) is 0.581. The predicted molar refractivity (Wildman–Crippen MR) is 87.4 cm³/mol. The van der Waals surface area contributed by atoms with Crippen LogP contribution < -0.4 is 10.6 Å². The molecule has 0 heterocycles. The van der Waals surface area contributed by atoms with Gasteiger partial charge in [0.05, 0.1) is 5.02 Å². The number of hydrogen-bond donors (Lipinski definition) is 1. The molecule has 0 aliphatic heterocycles. The van der Waals surface area contributed by atoms with Gasteiger partial charge in [-0.2, -0.15) is 0 Å². The third-order valence-electron chi connectivity index (χ3n) is 2.93. The van der Waals surface area contributed by atoms with E-state index in [1.165, 1.54) is 0 Å². The van der Waals surface area contributed by atoms with Gasteiger partial charge in [-0.15, -0.1) is 0 Å². The molecule has 2 aromatic carbocycles. The molecule has 0 fully saturated rings. The molecule has 20 heavy (non-hydrogen) atoms. The molecule has 5 heteroatoms. The van der Waals surface area contributed by atoms with Crippen molar-refractivity contribution in [2.75, 3.05) is 17.2 Å². The van der Waals surface area contributed by atoms with E-state index in [0.717, 1.165) is 5.69 Å². The van der Waals surface area contributed by atoms with Crippen molar-refractivity contribution in [2.24, 2.45) is 0 Å². The summed E-state index contributed by atoms with van der Waals surface area (Å²) in [6, 6.07) is 12.4. The third kappa shape index (κ3) is 3.14. The highest BCUT2D eigenvalue weighted by atomic mass is 79.9. The molecular weight excluding hydrogens is 340 g/mol. The number of carbonyl (C=O) groups is 1. The van der Waals surface area contributed by atoms with Crippen LogP contribution >= 0.6 is 27.5 Å². The highest BCUT2D eigenvalue weighted by Crippen LogP contribution is 2.25. The number of nitrogens with zero attached hydrogens (tertiary/aromatic N) is 1. The van der Waals surface area contributed by atoms with Crippen molar-refractivity contribution in [3.05, 3.63) is 57.5 Å². The summed E-state index contributed by atoms with van der Waals surface area (Å²) in [6.07, 6.45) is 0. The molecule has 0 saturated heterocycles. The zero-order valence-corrected chi connectivity index (χ0v) is 13.3. The number of halogens is 2. The van der Waals surface area contributed by atoms with Crippen molar-refractivity contribution in [3.63, 3.8) is 0 Å². The number of hydrogen-bond acceptors (Lipinski definition) is 2. The number of benzene rings is 2. The molecule has 2 aromatic rings. The molecule has 0 unspecified atom stereocenters. The Hall–Kier alpha value is -1.52. The molecule has 3 nitrogen and oxygen atoms in total. The summed E-state index contributed by atoms with van der Waals surface area (Å²) in [7, 11) is 0. The van der Waals surface area contributed by atoms with Crippen molar-refractivity contribution < 1.29 is 4.79 Å². The molecule has 2 rings (SSSR count). The first-order valence-electron chi connectivity index (χ1n) is 6.15. The molecule has 0 aromatic heterocycles. The Morgan fingerprint density at radius 1 is 1.25 bits per heavy atom. The molecular formula is C15H14BrClN2O. The SMILES string of the molecule is CCN(C(=O)c1ccc(Cl)c(Br)c1)c1ccc(N)cc1. The normalized spacial score (nSPS) is 10.3. The minimum absolute atomic E-state index is 0.0744. The number of nitrogen functional groups attached to an aromatic ring is 1. The van der Waals surface area contributed by atoms with Gasteiger partial charge in [0.1, 0.15) is 0 Å². The Morgan fingerprint density at radius 3 is 2.45 bits per heavy atom. The maximum Gasteiger partial charge on any atom is 0.258 e. The number of anilines is 2. The summed E-state index contributed by atoms with van der Waals surface area (Å²) >= 11 is 9.28. The van der Waals surface area contributed by atoms with Crippen LogP contribution in [0, 0.1) is 0 Å². The predicted octanol–water partition coefficient (Wildman–Crippen LogP) is 4.35. The monoisotopic (exact) mass is 352 g/mol. The molecule has 0 radical (unpaired) electrons. The lowest BCUT2D eigenvalue weighted by molar-refractivity contribution is 0.0988. The number of amides is 1. The molecule has 104 valence electrons. The maximum atomic E-state index is 12.6. The second-order valence-corrected chi connectivity index (χ2v) is 5.53. The minimum Gasteiger partial charge on any atom is -0.399 e. The minimum atomic E-state index is -0.0744. The molecule has 0 spiro atoms. The summed E-state index contributed by atoms with van der Waals surface area (Å²) in [5.74, 6) is -0.0744. The number of carbonyl (C=O) groups excluding carboxylic acids is 1. The van der Waals surface area contributed by atoms with Gasteiger partial charge in [0.25, 0.3) is 5.91 Å². The Labute approximate surface area is 131 Å². The molecule has 0 atom stereocenters. The molecule has 2 N–H and O–H groups in total. The van der Waals surface area contributed by atoms with E-state index >= 15 is 0 Å². The largest absolute Gasteiger partial charge is 0.399 e. The zero-order chi connectivity index (χ0) is 14.7. The highest BCUT2D eigenvalue weighted by Gasteiger charge is 2.16. The standard InChI is InChI=1S/C15H14BrClN2O/c1-2-19(12-6-4-11(18)5-7-12)15(20)10-3-8-14(17)13(16)9-10/h3-9H,2,18H2,1H3. The van der Waals surface area contributed by atoms with E-state index in [-0.39, 0.29) is 5.91 Å². The van der Waals surface area contributed by atoms with Gasteiger partial charge in [-0.1, -0.05) is 11.6 Å². The van der Waals surface area contributed by atoms with Crippen LogP contribution in [-0.2, 0) is 0 Å². The van der Waals surface area contributed by atoms with Crippen LogP contribution in [0.2, 0.25) is 5.02 Å². The third-order valence-corrected chi connectivity index (χ3v) is 4.15. The van der Waals surface area contributed by atoms with E-state index in [1.54, 1.807) is 35.2 Å². The van der Waals surface area contributed by atoms with Crippen LogP contribution in [0.4, 0.5) is 11.4 Å². The van der Waals surface area contributed by atoms with Gasteiger partial charge in [0, 0.05) is 28.0 Å². The van der Waals surface area contributed by atoms with Crippen molar-refractivity contribution >= 4 is 44.8 Å². The van der Waals surface area contributed by atoms with E-state index in [0.29, 0.717) is 27.3 Å². The van der Waals surface area contributed by atoms with Gasteiger partial charge in [0.15, 0.2) is 0 Å². The van der Waals surface area contributed by atoms with E-state index in [9.17, 15) is 4.79 Å². The average molecular weight is 354 g/mol. The van der Waals surface area contributed by atoms with E-state index in [2.05, 4.69) is 15.9 Å². The van der Waals surface area contributed by atoms with Crippen LogP contribution in [0.1, 0.15) is 17.3 Å². The van der Waals surface area contributed by atoms with Crippen molar-refractivity contribution in [1.82, 2.24) is 0 Å².